The van der Waals surface area contributed by atoms with Crippen LogP contribution in [0.15, 0.2) is 42.5 Å². The minimum atomic E-state index is -0.00342. The van der Waals surface area contributed by atoms with Gasteiger partial charge in [-0.2, -0.15) is 0 Å². The number of para-hydroxylation sites is 1. The lowest BCUT2D eigenvalue weighted by molar-refractivity contribution is -0.682. The van der Waals surface area contributed by atoms with Crippen LogP contribution in [0.1, 0.15) is 29.7 Å². The van der Waals surface area contributed by atoms with Crippen molar-refractivity contribution in [3.8, 4) is 0 Å². The van der Waals surface area contributed by atoms with Gasteiger partial charge in [0.2, 0.25) is 0 Å². The van der Waals surface area contributed by atoms with Crippen LogP contribution in [0.25, 0.3) is 0 Å². The topological polar surface area (TPSA) is 45.7 Å². The van der Waals surface area contributed by atoms with Gasteiger partial charge in [-0.05, 0) is 38.0 Å². The summed E-state index contributed by atoms with van der Waals surface area (Å²) in [5.74, 6) is -0.00342. The Morgan fingerprint density at radius 3 is 2.41 bits per heavy atom. The van der Waals surface area contributed by atoms with E-state index in [0.29, 0.717) is 6.54 Å². The Morgan fingerprint density at radius 2 is 1.77 bits per heavy atom. The molecule has 0 unspecified atom stereocenters. The Bertz CT molecular complexity index is 650. The Hall–Kier alpha value is -1.84. The fourth-order valence-electron chi connectivity index (χ4n) is 2.46. The number of nitrogens with two attached hydrogens (primary N) is 1. The van der Waals surface area contributed by atoms with E-state index in [1.165, 1.54) is 0 Å². The highest BCUT2D eigenvalue weighted by Gasteiger charge is 2.15. The van der Waals surface area contributed by atoms with Gasteiger partial charge < -0.3 is 10.6 Å². The molecule has 0 aliphatic rings. The molecule has 2 aromatic carbocycles. The minimum absolute atomic E-state index is 0.00342. The molecule has 0 radical (unpaired) electrons. The quantitative estimate of drug-likeness (QED) is 0.874. The molecule has 0 heterocycles. The van der Waals surface area contributed by atoms with E-state index in [2.05, 4.69) is 5.32 Å². The molecule has 4 heteroatoms. The molecule has 0 bridgehead atoms. The third-order valence-corrected chi connectivity index (χ3v) is 4.14. The van der Waals surface area contributed by atoms with E-state index < -0.39 is 0 Å². The lowest BCUT2D eigenvalue weighted by Crippen LogP contribution is -2.86. The number of amides is 1. The van der Waals surface area contributed by atoms with Gasteiger partial charge in [-0.1, -0.05) is 48.0 Å². The van der Waals surface area contributed by atoms with Gasteiger partial charge >= 0.3 is 0 Å². The average molecular weight is 318 g/mol. The Labute approximate surface area is 136 Å². The average Bonchev–Trinajstić information content (AvgIpc) is 2.49. The van der Waals surface area contributed by atoms with Crippen molar-refractivity contribution < 1.29 is 10.1 Å². The van der Waals surface area contributed by atoms with Crippen LogP contribution in [0.2, 0.25) is 5.02 Å². The molecule has 0 saturated carbocycles. The molecule has 3 N–H and O–H groups in total. The number of aryl methyl sites for hydroxylation is 2. The minimum Gasteiger partial charge on any atom is -0.332 e. The molecule has 0 aliphatic heterocycles. The fourth-order valence-corrected chi connectivity index (χ4v) is 2.77. The van der Waals surface area contributed by atoms with E-state index in [1.54, 1.807) is 0 Å². The number of rotatable bonds is 5. The molecule has 2 rings (SSSR count). The van der Waals surface area contributed by atoms with Crippen LogP contribution >= 0.6 is 11.6 Å². The van der Waals surface area contributed by atoms with Crippen LogP contribution in [0.3, 0.4) is 0 Å². The predicted octanol–water partition coefficient (Wildman–Crippen LogP) is 3.22. The molecule has 0 saturated heterocycles. The van der Waals surface area contributed by atoms with Gasteiger partial charge in [-0.3, -0.25) is 4.79 Å². The number of hydrogen-bond donors (Lipinski definition) is 2. The normalized spacial score (nSPS) is 12.0. The molecule has 3 nitrogen and oxygen atoms in total. The number of benzene rings is 2. The summed E-state index contributed by atoms with van der Waals surface area (Å²) in [5.41, 5.74) is 4.11. The molecule has 1 amide bonds. The number of halogens is 1. The lowest BCUT2D eigenvalue weighted by atomic mass is 10.1. The first-order valence-electron chi connectivity index (χ1n) is 7.43. The van der Waals surface area contributed by atoms with Gasteiger partial charge in [0, 0.05) is 16.3 Å². The van der Waals surface area contributed by atoms with Crippen LogP contribution in [-0.4, -0.2) is 12.5 Å². The molecule has 1 atom stereocenters. The van der Waals surface area contributed by atoms with E-state index in [9.17, 15) is 4.79 Å². The maximum absolute atomic E-state index is 12.2. The number of nitrogens with one attached hydrogen (secondary N) is 1. The number of carbonyl (C=O) groups is 1. The van der Waals surface area contributed by atoms with Crippen LogP contribution in [0.5, 0.6) is 0 Å². The second kappa shape index (κ2) is 7.43. The Balaban J connectivity index is 1.95. The lowest BCUT2D eigenvalue weighted by Gasteiger charge is -2.14. The number of quaternary nitrogens is 1. The van der Waals surface area contributed by atoms with E-state index in [1.807, 2.05) is 68.6 Å². The van der Waals surface area contributed by atoms with Gasteiger partial charge in [0.25, 0.3) is 5.91 Å². The summed E-state index contributed by atoms with van der Waals surface area (Å²) < 4.78 is 0. The van der Waals surface area contributed by atoms with Crippen molar-refractivity contribution >= 4 is 23.2 Å². The third-order valence-electron chi connectivity index (χ3n) is 3.80. The molecule has 0 fully saturated rings. The molecular formula is C18H22ClN2O+. The predicted molar refractivity (Wildman–Crippen MR) is 91.2 cm³/mol. The third kappa shape index (κ3) is 4.09. The van der Waals surface area contributed by atoms with Crippen molar-refractivity contribution in [1.29, 1.82) is 0 Å². The zero-order valence-electron chi connectivity index (χ0n) is 13.2. The first-order chi connectivity index (χ1) is 10.5. The number of anilines is 1. The Morgan fingerprint density at radius 1 is 1.14 bits per heavy atom. The van der Waals surface area contributed by atoms with Crippen LogP contribution in [0, 0.1) is 13.8 Å². The van der Waals surface area contributed by atoms with Crippen LogP contribution in [0.4, 0.5) is 5.69 Å². The SMILES string of the molecule is Cc1cccc(C)c1NC(=O)C[NH2+][C@H](C)c1ccccc1Cl. The molecule has 2 aromatic rings. The summed E-state index contributed by atoms with van der Waals surface area (Å²) in [7, 11) is 0. The molecular weight excluding hydrogens is 296 g/mol. The van der Waals surface area contributed by atoms with Crippen molar-refractivity contribution in [3.63, 3.8) is 0 Å². The maximum atomic E-state index is 12.2. The highest BCUT2D eigenvalue weighted by molar-refractivity contribution is 6.31. The van der Waals surface area contributed by atoms with E-state index in [0.717, 1.165) is 27.4 Å². The highest BCUT2D eigenvalue weighted by Crippen LogP contribution is 2.20. The maximum Gasteiger partial charge on any atom is 0.279 e. The number of hydrogen-bond acceptors (Lipinski definition) is 1. The first kappa shape index (κ1) is 16.5. The molecule has 0 aliphatic carbocycles. The second-order valence-electron chi connectivity index (χ2n) is 5.56. The zero-order valence-corrected chi connectivity index (χ0v) is 13.9. The largest absolute Gasteiger partial charge is 0.332 e. The first-order valence-corrected chi connectivity index (χ1v) is 7.80. The standard InChI is InChI=1S/C18H21ClN2O/c1-12-7-6-8-13(2)18(12)21-17(22)11-20-14(3)15-9-4-5-10-16(15)19/h4-10,14,20H,11H2,1-3H3,(H,21,22)/p+1/t14-/m1/s1. The molecule has 0 spiro atoms. The summed E-state index contributed by atoms with van der Waals surface area (Å²) in [4.78, 5) is 12.2. The van der Waals surface area contributed by atoms with Gasteiger partial charge in [-0.25, -0.2) is 0 Å². The summed E-state index contributed by atoms with van der Waals surface area (Å²) in [6.07, 6.45) is 0. The molecule has 0 aromatic heterocycles. The van der Waals surface area contributed by atoms with Gasteiger partial charge in [0.1, 0.15) is 6.04 Å². The summed E-state index contributed by atoms with van der Waals surface area (Å²) in [5, 5.41) is 5.72. The summed E-state index contributed by atoms with van der Waals surface area (Å²) in [6.45, 7) is 6.41. The van der Waals surface area contributed by atoms with E-state index in [4.69, 9.17) is 11.6 Å². The second-order valence-corrected chi connectivity index (χ2v) is 5.97. The molecule has 116 valence electrons. The van der Waals surface area contributed by atoms with Crippen molar-refractivity contribution in [2.24, 2.45) is 0 Å². The van der Waals surface area contributed by atoms with E-state index in [-0.39, 0.29) is 11.9 Å². The fraction of sp³-hybridized carbons (Fsp3) is 0.278. The van der Waals surface area contributed by atoms with Crippen molar-refractivity contribution in [3.05, 3.63) is 64.2 Å². The summed E-state index contributed by atoms with van der Waals surface area (Å²) >= 11 is 6.19. The number of carbonyl (C=O) groups excluding carboxylic acids is 1. The van der Waals surface area contributed by atoms with Gasteiger partial charge in [-0.15, -0.1) is 0 Å². The van der Waals surface area contributed by atoms with Gasteiger partial charge in [0.05, 0.1) is 0 Å². The van der Waals surface area contributed by atoms with Crippen LogP contribution in [-0.2, 0) is 4.79 Å². The van der Waals surface area contributed by atoms with Crippen molar-refractivity contribution in [2.75, 3.05) is 11.9 Å². The van der Waals surface area contributed by atoms with Crippen molar-refractivity contribution in [1.82, 2.24) is 0 Å². The van der Waals surface area contributed by atoms with E-state index >= 15 is 0 Å². The Kier molecular flexibility index (Phi) is 5.58. The molecule has 22 heavy (non-hydrogen) atoms. The monoisotopic (exact) mass is 317 g/mol. The van der Waals surface area contributed by atoms with Crippen LogP contribution < -0.4 is 10.6 Å². The van der Waals surface area contributed by atoms with Gasteiger partial charge in [0.15, 0.2) is 6.54 Å². The summed E-state index contributed by atoms with van der Waals surface area (Å²) in [6, 6.07) is 13.9. The smallest absolute Gasteiger partial charge is 0.279 e. The zero-order chi connectivity index (χ0) is 16.1. The van der Waals surface area contributed by atoms with Crippen molar-refractivity contribution in [2.45, 2.75) is 26.8 Å². The highest BCUT2D eigenvalue weighted by atomic mass is 35.5.